The molecule has 1 rings (SSSR count). The van der Waals surface area contributed by atoms with Gasteiger partial charge in [-0.3, -0.25) is 0 Å². The number of pyridine rings is 1. The van der Waals surface area contributed by atoms with E-state index in [1.165, 1.54) is 0 Å². The van der Waals surface area contributed by atoms with Gasteiger partial charge in [0.2, 0.25) is 0 Å². The molecule has 0 radical (unpaired) electrons. The molecule has 0 unspecified atom stereocenters. The van der Waals surface area contributed by atoms with E-state index in [1.807, 2.05) is 0 Å². The van der Waals surface area contributed by atoms with E-state index in [4.69, 9.17) is 5.26 Å². The Morgan fingerprint density at radius 2 is 2.35 bits per heavy atom. The highest BCUT2D eigenvalue weighted by atomic mass is 79.9. The van der Waals surface area contributed by atoms with Crippen molar-refractivity contribution in [3.05, 3.63) is 27.5 Å². The van der Waals surface area contributed by atoms with Crippen LogP contribution in [0.15, 0.2) is 10.7 Å². The summed E-state index contributed by atoms with van der Waals surface area (Å²) in [5.74, 6) is -0.890. The molecule has 0 atom stereocenters. The van der Waals surface area contributed by atoms with Crippen LogP contribution in [0.5, 0.6) is 0 Å². The summed E-state index contributed by atoms with van der Waals surface area (Å²) in [6.45, 7) is 1.64. The first-order chi connectivity index (χ1) is 8.02. The van der Waals surface area contributed by atoms with Crippen molar-refractivity contribution in [1.82, 2.24) is 4.98 Å². The maximum atomic E-state index is 12.7. The number of carbonyl (C=O) groups is 1. The minimum atomic E-state index is -2.88. The van der Waals surface area contributed by atoms with Gasteiger partial charge in [0, 0.05) is 10.7 Å². The smallest absolute Gasteiger partial charge is 0.358 e. The van der Waals surface area contributed by atoms with Gasteiger partial charge in [0.15, 0.2) is 5.69 Å². The Morgan fingerprint density at radius 3 is 2.82 bits per heavy atom. The zero-order valence-electron chi connectivity index (χ0n) is 8.71. The Morgan fingerprint density at radius 1 is 1.71 bits per heavy atom. The third-order valence-electron chi connectivity index (χ3n) is 1.87. The predicted octanol–water partition coefficient (Wildman–Crippen LogP) is 2.83. The largest absolute Gasteiger partial charge is 0.461 e. The fourth-order valence-corrected chi connectivity index (χ4v) is 1.66. The molecule has 0 saturated heterocycles. The molecule has 1 aromatic heterocycles. The minimum Gasteiger partial charge on any atom is -0.461 e. The molecule has 0 bridgehead atoms. The van der Waals surface area contributed by atoms with Gasteiger partial charge in [-0.25, -0.2) is 18.6 Å². The number of alkyl halides is 2. The number of aromatic nitrogens is 1. The number of nitrogens with zero attached hydrogens (tertiary/aromatic N) is 2. The molecule has 0 saturated carbocycles. The normalized spacial score (nSPS) is 10.1. The second-order valence-electron chi connectivity index (χ2n) is 2.88. The van der Waals surface area contributed by atoms with E-state index >= 15 is 0 Å². The highest BCUT2D eigenvalue weighted by Crippen LogP contribution is 2.31. The van der Waals surface area contributed by atoms with Crippen LogP contribution in [0.1, 0.15) is 35.0 Å². The number of carbonyl (C=O) groups excluding carboxylic acids is 1. The van der Waals surface area contributed by atoms with Crippen molar-refractivity contribution in [2.24, 2.45) is 0 Å². The quantitative estimate of drug-likeness (QED) is 0.806. The van der Waals surface area contributed by atoms with Crippen LogP contribution >= 0.6 is 15.9 Å². The van der Waals surface area contributed by atoms with Gasteiger partial charge in [-0.05, 0) is 22.9 Å². The van der Waals surface area contributed by atoms with Crippen LogP contribution in [-0.2, 0) is 4.74 Å². The minimum absolute atomic E-state index is 0.0166. The first-order valence-electron chi connectivity index (χ1n) is 4.56. The summed E-state index contributed by atoms with van der Waals surface area (Å²) in [7, 11) is 0. The van der Waals surface area contributed by atoms with Crippen molar-refractivity contribution in [1.29, 1.82) is 5.26 Å². The van der Waals surface area contributed by atoms with Gasteiger partial charge in [-0.1, -0.05) is 0 Å². The van der Waals surface area contributed by atoms with E-state index in [1.54, 1.807) is 13.0 Å². The second-order valence-corrected chi connectivity index (χ2v) is 3.73. The van der Waals surface area contributed by atoms with Crippen LogP contribution in [0.3, 0.4) is 0 Å². The van der Waals surface area contributed by atoms with E-state index < -0.39 is 29.2 Å². The van der Waals surface area contributed by atoms with Crippen molar-refractivity contribution in [3.8, 4) is 6.07 Å². The molecule has 0 aliphatic carbocycles. The molecular formula is C10H7BrF2N2O2. The first-order valence-corrected chi connectivity index (χ1v) is 5.36. The van der Waals surface area contributed by atoms with Gasteiger partial charge < -0.3 is 4.74 Å². The molecule has 1 heterocycles. The molecule has 0 aliphatic rings. The number of halogens is 3. The molecule has 0 aliphatic heterocycles. The van der Waals surface area contributed by atoms with Crippen molar-refractivity contribution >= 4 is 21.9 Å². The van der Waals surface area contributed by atoms with Crippen LogP contribution in [-0.4, -0.2) is 17.6 Å². The lowest BCUT2D eigenvalue weighted by Gasteiger charge is -2.09. The molecule has 0 aromatic carbocycles. The lowest BCUT2D eigenvalue weighted by molar-refractivity contribution is 0.0518. The molecular weight excluding hydrogens is 298 g/mol. The average Bonchev–Trinajstić information content (AvgIpc) is 2.27. The van der Waals surface area contributed by atoms with E-state index in [9.17, 15) is 13.6 Å². The molecule has 7 heteroatoms. The molecule has 0 amide bonds. The SMILES string of the molecule is CCOC(=O)c1ncc(Br)c(C(F)F)c1C#N. The monoisotopic (exact) mass is 304 g/mol. The number of rotatable bonds is 3. The molecule has 1 aromatic rings. The Hall–Kier alpha value is -1.55. The van der Waals surface area contributed by atoms with Gasteiger partial charge in [-0.2, -0.15) is 5.26 Å². The summed E-state index contributed by atoms with van der Waals surface area (Å²) in [5, 5.41) is 8.84. The Balaban J connectivity index is 3.39. The zero-order chi connectivity index (χ0) is 13.0. The second kappa shape index (κ2) is 5.68. The maximum absolute atomic E-state index is 12.7. The predicted molar refractivity (Wildman–Crippen MR) is 57.6 cm³/mol. The van der Waals surface area contributed by atoms with Crippen LogP contribution in [0, 0.1) is 11.3 Å². The summed E-state index contributed by atoms with van der Waals surface area (Å²) in [4.78, 5) is 15.0. The molecule has 4 nitrogen and oxygen atoms in total. The lowest BCUT2D eigenvalue weighted by atomic mass is 10.1. The fourth-order valence-electron chi connectivity index (χ4n) is 1.18. The Kier molecular flexibility index (Phi) is 4.52. The third kappa shape index (κ3) is 2.77. The lowest BCUT2D eigenvalue weighted by Crippen LogP contribution is -2.12. The number of hydrogen-bond acceptors (Lipinski definition) is 4. The van der Waals surface area contributed by atoms with Crippen molar-refractivity contribution in [3.63, 3.8) is 0 Å². The molecule has 17 heavy (non-hydrogen) atoms. The summed E-state index contributed by atoms with van der Waals surface area (Å²) < 4.78 is 30.1. The Labute approximate surface area is 104 Å². The highest BCUT2D eigenvalue weighted by Gasteiger charge is 2.25. The van der Waals surface area contributed by atoms with Gasteiger partial charge >= 0.3 is 5.97 Å². The number of nitriles is 1. The highest BCUT2D eigenvalue weighted by molar-refractivity contribution is 9.10. The van der Waals surface area contributed by atoms with Crippen molar-refractivity contribution < 1.29 is 18.3 Å². The Bertz CT molecular complexity index is 486. The van der Waals surface area contributed by atoms with Crippen LogP contribution in [0.2, 0.25) is 0 Å². The van der Waals surface area contributed by atoms with Gasteiger partial charge in [0.25, 0.3) is 6.43 Å². The molecule has 0 spiro atoms. The topological polar surface area (TPSA) is 63.0 Å². The van der Waals surface area contributed by atoms with E-state index in [0.29, 0.717) is 0 Å². The van der Waals surface area contributed by atoms with E-state index in [-0.39, 0.29) is 11.1 Å². The summed E-state index contributed by atoms with van der Waals surface area (Å²) in [5.41, 5.74) is -1.41. The summed E-state index contributed by atoms with van der Waals surface area (Å²) >= 11 is 2.87. The van der Waals surface area contributed by atoms with Crippen molar-refractivity contribution in [2.75, 3.05) is 6.61 Å². The number of ether oxygens (including phenoxy) is 1. The maximum Gasteiger partial charge on any atom is 0.358 e. The summed E-state index contributed by atoms with van der Waals surface area (Å²) in [6.07, 6.45) is -1.83. The average molecular weight is 305 g/mol. The standard InChI is InChI=1S/C10H7BrF2N2O2/c1-2-17-10(16)8-5(3-14)7(9(12)13)6(11)4-15-8/h4,9H,2H2,1H3. The molecule has 90 valence electrons. The van der Waals surface area contributed by atoms with Gasteiger partial charge in [-0.15, -0.1) is 0 Å². The zero-order valence-corrected chi connectivity index (χ0v) is 10.3. The first kappa shape index (κ1) is 13.5. The molecule has 0 fully saturated rings. The van der Waals surface area contributed by atoms with Gasteiger partial charge in [0.05, 0.1) is 17.7 Å². The van der Waals surface area contributed by atoms with Crippen LogP contribution in [0.25, 0.3) is 0 Å². The van der Waals surface area contributed by atoms with Crippen LogP contribution in [0.4, 0.5) is 8.78 Å². The van der Waals surface area contributed by atoms with Crippen LogP contribution < -0.4 is 0 Å². The van der Waals surface area contributed by atoms with Gasteiger partial charge in [0.1, 0.15) is 6.07 Å². The number of esters is 1. The fraction of sp³-hybridized carbons (Fsp3) is 0.300. The molecule has 0 N–H and O–H groups in total. The summed E-state index contributed by atoms with van der Waals surface area (Å²) in [6, 6.07) is 1.55. The van der Waals surface area contributed by atoms with E-state index in [0.717, 1.165) is 6.20 Å². The number of hydrogen-bond donors (Lipinski definition) is 0. The van der Waals surface area contributed by atoms with Crippen molar-refractivity contribution in [2.45, 2.75) is 13.3 Å². The van der Waals surface area contributed by atoms with E-state index in [2.05, 4.69) is 25.7 Å². The third-order valence-corrected chi connectivity index (χ3v) is 2.50.